The SMILES string of the molecule is C[C@@H](Cn1cc(Cl)cn1)C(=O)N[C@H]1CCCc2c1cnn2C. The average molecular weight is 322 g/mol. The third-order valence-electron chi connectivity index (χ3n) is 4.20. The van der Waals surface area contributed by atoms with Crippen molar-refractivity contribution in [1.29, 1.82) is 0 Å². The van der Waals surface area contributed by atoms with E-state index in [0.29, 0.717) is 11.6 Å². The van der Waals surface area contributed by atoms with E-state index in [9.17, 15) is 4.79 Å². The van der Waals surface area contributed by atoms with E-state index in [1.54, 1.807) is 17.1 Å². The number of nitrogens with zero attached hydrogens (tertiary/aromatic N) is 4. The molecule has 22 heavy (non-hydrogen) atoms. The Morgan fingerprint density at radius 2 is 2.32 bits per heavy atom. The minimum Gasteiger partial charge on any atom is -0.349 e. The van der Waals surface area contributed by atoms with Gasteiger partial charge in [-0.1, -0.05) is 18.5 Å². The van der Waals surface area contributed by atoms with Gasteiger partial charge in [-0.2, -0.15) is 10.2 Å². The van der Waals surface area contributed by atoms with Crippen molar-refractivity contribution in [2.75, 3.05) is 0 Å². The molecule has 2 aromatic heterocycles. The maximum atomic E-state index is 12.4. The monoisotopic (exact) mass is 321 g/mol. The fourth-order valence-electron chi connectivity index (χ4n) is 2.97. The number of aromatic nitrogens is 4. The number of rotatable bonds is 4. The van der Waals surface area contributed by atoms with Gasteiger partial charge < -0.3 is 5.32 Å². The molecule has 1 amide bonds. The Morgan fingerprint density at radius 1 is 1.50 bits per heavy atom. The predicted octanol–water partition coefficient (Wildman–Crippen LogP) is 2.10. The van der Waals surface area contributed by atoms with Crippen molar-refractivity contribution in [1.82, 2.24) is 24.9 Å². The summed E-state index contributed by atoms with van der Waals surface area (Å²) in [5.41, 5.74) is 2.37. The van der Waals surface area contributed by atoms with Crippen LogP contribution >= 0.6 is 11.6 Å². The molecule has 7 heteroatoms. The molecule has 0 bridgehead atoms. The van der Waals surface area contributed by atoms with E-state index in [1.165, 1.54) is 5.69 Å². The van der Waals surface area contributed by atoms with Crippen LogP contribution in [-0.4, -0.2) is 25.5 Å². The zero-order valence-corrected chi connectivity index (χ0v) is 13.5. The highest BCUT2D eigenvalue weighted by atomic mass is 35.5. The largest absolute Gasteiger partial charge is 0.349 e. The molecule has 0 saturated heterocycles. The Hall–Kier alpha value is -1.82. The summed E-state index contributed by atoms with van der Waals surface area (Å²) in [4.78, 5) is 12.4. The van der Waals surface area contributed by atoms with Crippen molar-refractivity contribution < 1.29 is 4.79 Å². The van der Waals surface area contributed by atoms with Crippen LogP contribution < -0.4 is 5.32 Å². The average Bonchev–Trinajstić information content (AvgIpc) is 3.06. The van der Waals surface area contributed by atoms with Gasteiger partial charge in [0.05, 0.1) is 35.9 Å². The Morgan fingerprint density at radius 3 is 3.05 bits per heavy atom. The van der Waals surface area contributed by atoms with Crippen molar-refractivity contribution in [2.24, 2.45) is 13.0 Å². The number of hydrogen-bond acceptors (Lipinski definition) is 3. The van der Waals surface area contributed by atoms with Gasteiger partial charge in [-0.25, -0.2) is 0 Å². The molecule has 0 saturated carbocycles. The maximum Gasteiger partial charge on any atom is 0.225 e. The van der Waals surface area contributed by atoms with Crippen molar-refractivity contribution in [3.63, 3.8) is 0 Å². The first kappa shape index (κ1) is 15.1. The summed E-state index contributed by atoms with van der Waals surface area (Å²) >= 11 is 5.84. The second-order valence-corrected chi connectivity index (χ2v) is 6.34. The Kier molecular flexibility index (Phi) is 4.20. The highest BCUT2D eigenvalue weighted by Crippen LogP contribution is 2.29. The number of hydrogen-bond donors (Lipinski definition) is 1. The number of aryl methyl sites for hydroxylation is 1. The first-order valence-corrected chi connectivity index (χ1v) is 7.91. The number of amides is 1. The number of nitrogens with one attached hydrogen (secondary N) is 1. The van der Waals surface area contributed by atoms with Gasteiger partial charge in [0.1, 0.15) is 0 Å². The summed E-state index contributed by atoms with van der Waals surface area (Å²) < 4.78 is 3.60. The lowest BCUT2D eigenvalue weighted by Crippen LogP contribution is -2.36. The van der Waals surface area contributed by atoms with Crippen LogP contribution in [0.25, 0.3) is 0 Å². The molecule has 1 aliphatic carbocycles. The summed E-state index contributed by atoms with van der Waals surface area (Å²) in [5, 5.41) is 12.2. The maximum absolute atomic E-state index is 12.4. The molecule has 0 radical (unpaired) electrons. The van der Waals surface area contributed by atoms with Gasteiger partial charge in [-0.3, -0.25) is 14.2 Å². The first-order chi connectivity index (χ1) is 10.5. The Labute approximate surface area is 134 Å². The van der Waals surface area contributed by atoms with Crippen molar-refractivity contribution in [2.45, 2.75) is 38.8 Å². The Balaban J connectivity index is 1.64. The lowest BCUT2D eigenvalue weighted by atomic mass is 9.92. The van der Waals surface area contributed by atoms with Crippen LogP contribution in [0.5, 0.6) is 0 Å². The second-order valence-electron chi connectivity index (χ2n) is 5.91. The first-order valence-electron chi connectivity index (χ1n) is 7.53. The van der Waals surface area contributed by atoms with E-state index >= 15 is 0 Å². The lowest BCUT2D eigenvalue weighted by molar-refractivity contribution is -0.125. The zero-order chi connectivity index (χ0) is 15.7. The van der Waals surface area contributed by atoms with Gasteiger partial charge in [0.2, 0.25) is 5.91 Å². The van der Waals surface area contributed by atoms with Crippen LogP contribution in [0.15, 0.2) is 18.6 Å². The van der Waals surface area contributed by atoms with Crippen molar-refractivity contribution in [3.05, 3.63) is 34.9 Å². The van der Waals surface area contributed by atoms with E-state index in [-0.39, 0.29) is 17.9 Å². The molecule has 1 aliphatic rings. The fraction of sp³-hybridized carbons (Fsp3) is 0.533. The molecule has 2 atom stereocenters. The smallest absolute Gasteiger partial charge is 0.225 e. The number of halogens is 1. The van der Waals surface area contributed by atoms with E-state index in [2.05, 4.69) is 15.5 Å². The summed E-state index contributed by atoms with van der Waals surface area (Å²) in [5.74, 6) is -0.133. The van der Waals surface area contributed by atoms with Crippen molar-refractivity contribution >= 4 is 17.5 Å². The third kappa shape index (κ3) is 3.02. The second kappa shape index (κ2) is 6.12. The minimum absolute atomic E-state index is 0.0355. The van der Waals surface area contributed by atoms with Gasteiger partial charge in [-0.15, -0.1) is 0 Å². The molecule has 0 fully saturated rings. The molecule has 0 unspecified atom stereocenters. The summed E-state index contributed by atoms with van der Waals surface area (Å²) in [7, 11) is 1.95. The molecular formula is C15H20ClN5O. The van der Waals surface area contributed by atoms with Crippen LogP contribution in [0.4, 0.5) is 0 Å². The normalized spacial score (nSPS) is 18.8. The topological polar surface area (TPSA) is 64.7 Å². The van der Waals surface area contributed by atoms with E-state index in [1.807, 2.05) is 24.9 Å². The highest BCUT2D eigenvalue weighted by Gasteiger charge is 2.26. The minimum atomic E-state index is -0.169. The molecule has 0 aromatic carbocycles. The molecule has 2 heterocycles. The number of fused-ring (bicyclic) bond motifs is 1. The number of carbonyl (C=O) groups is 1. The van der Waals surface area contributed by atoms with Crippen molar-refractivity contribution in [3.8, 4) is 0 Å². The molecule has 3 rings (SSSR count). The molecule has 118 valence electrons. The lowest BCUT2D eigenvalue weighted by Gasteiger charge is -2.25. The van der Waals surface area contributed by atoms with Crippen LogP contribution in [-0.2, 0) is 24.8 Å². The summed E-state index contributed by atoms with van der Waals surface area (Å²) in [6.45, 7) is 2.42. The third-order valence-corrected chi connectivity index (χ3v) is 4.40. The molecule has 6 nitrogen and oxygen atoms in total. The Bertz CT molecular complexity index is 677. The van der Waals surface area contributed by atoms with Crippen LogP contribution in [0.3, 0.4) is 0 Å². The van der Waals surface area contributed by atoms with Gasteiger partial charge >= 0.3 is 0 Å². The van der Waals surface area contributed by atoms with Crippen LogP contribution in [0, 0.1) is 5.92 Å². The van der Waals surface area contributed by atoms with E-state index in [4.69, 9.17) is 11.6 Å². The standard InChI is InChI=1S/C15H20ClN5O/c1-10(8-21-9-11(16)6-18-21)15(22)19-13-4-3-5-14-12(13)7-17-20(14)2/h6-7,9-10,13H,3-5,8H2,1-2H3,(H,19,22)/t10-,13-/m0/s1. The van der Waals surface area contributed by atoms with Gasteiger partial charge in [0.25, 0.3) is 0 Å². The van der Waals surface area contributed by atoms with Gasteiger partial charge in [-0.05, 0) is 19.3 Å². The summed E-state index contributed by atoms with van der Waals surface area (Å²) in [6.07, 6.45) is 8.24. The molecule has 1 N–H and O–H groups in total. The molecule has 0 spiro atoms. The van der Waals surface area contributed by atoms with E-state index in [0.717, 1.165) is 24.8 Å². The quantitative estimate of drug-likeness (QED) is 0.938. The van der Waals surface area contributed by atoms with Gasteiger partial charge in [0, 0.05) is 24.5 Å². The van der Waals surface area contributed by atoms with Crippen LogP contribution in [0.1, 0.15) is 37.1 Å². The number of carbonyl (C=O) groups excluding carboxylic acids is 1. The predicted molar refractivity (Wildman–Crippen MR) is 83.4 cm³/mol. The fourth-order valence-corrected chi connectivity index (χ4v) is 3.13. The zero-order valence-electron chi connectivity index (χ0n) is 12.8. The molecule has 0 aliphatic heterocycles. The highest BCUT2D eigenvalue weighted by molar-refractivity contribution is 6.30. The van der Waals surface area contributed by atoms with Gasteiger partial charge in [0.15, 0.2) is 0 Å². The molecular weight excluding hydrogens is 302 g/mol. The summed E-state index contributed by atoms with van der Waals surface area (Å²) in [6, 6.07) is 0.0635. The van der Waals surface area contributed by atoms with E-state index < -0.39 is 0 Å². The van der Waals surface area contributed by atoms with Crippen LogP contribution in [0.2, 0.25) is 5.02 Å². The molecule has 2 aromatic rings.